The minimum atomic E-state index is -3.87. The third kappa shape index (κ3) is 5.56. The Hall–Kier alpha value is -3.98. The molecular weight excluding hydrogens is 488 g/mol. The summed E-state index contributed by atoms with van der Waals surface area (Å²) in [6.07, 6.45) is 2.96. The molecule has 37 heavy (non-hydrogen) atoms. The number of rotatable bonds is 9. The standard InChI is InChI=1S/C28H30N4O4S/c1-5-8-26-30-27-19(2)15-22(28(33)34)16-24(27)32(26)17-20-11-13-21(14-12-20)23-9-6-7-10-25(23)37(35,36)29-18-31(3)4/h6-7,9-16,18H,5,8,17H2,1-4H3,(H,33,34)/b29-18+. The quantitative estimate of drug-likeness (QED) is 0.247. The van der Waals surface area contributed by atoms with Crippen molar-refractivity contribution in [2.75, 3.05) is 14.1 Å². The van der Waals surface area contributed by atoms with Crippen molar-refractivity contribution in [3.8, 4) is 11.1 Å². The van der Waals surface area contributed by atoms with Crippen LogP contribution in [-0.2, 0) is 23.0 Å². The molecule has 1 aromatic heterocycles. The van der Waals surface area contributed by atoms with Gasteiger partial charge in [0.25, 0.3) is 10.0 Å². The van der Waals surface area contributed by atoms with Crippen LogP contribution in [-0.4, -0.2) is 54.4 Å². The summed E-state index contributed by atoms with van der Waals surface area (Å²) in [5, 5.41) is 9.56. The molecule has 0 aliphatic heterocycles. The Morgan fingerprint density at radius 2 is 1.81 bits per heavy atom. The van der Waals surface area contributed by atoms with Gasteiger partial charge in [-0.3, -0.25) is 0 Å². The second-order valence-electron chi connectivity index (χ2n) is 9.18. The first kappa shape index (κ1) is 26.1. The van der Waals surface area contributed by atoms with Gasteiger partial charge in [0, 0.05) is 32.6 Å². The molecule has 0 spiro atoms. The Morgan fingerprint density at radius 1 is 1.11 bits per heavy atom. The Morgan fingerprint density at radius 3 is 2.46 bits per heavy atom. The molecule has 0 unspecified atom stereocenters. The highest BCUT2D eigenvalue weighted by Crippen LogP contribution is 2.30. The van der Waals surface area contributed by atoms with Crippen LogP contribution in [0.2, 0.25) is 0 Å². The van der Waals surface area contributed by atoms with E-state index in [9.17, 15) is 18.3 Å². The number of benzene rings is 3. The fraction of sp³-hybridized carbons (Fsp3) is 0.250. The number of hydrogen-bond donors (Lipinski definition) is 1. The van der Waals surface area contributed by atoms with E-state index >= 15 is 0 Å². The van der Waals surface area contributed by atoms with Crippen molar-refractivity contribution in [3.63, 3.8) is 0 Å². The van der Waals surface area contributed by atoms with Gasteiger partial charge in [0.05, 0.1) is 21.5 Å². The molecule has 0 amide bonds. The number of aromatic carboxylic acids is 1. The van der Waals surface area contributed by atoms with Crippen molar-refractivity contribution in [2.24, 2.45) is 4.40 Å². The Labute approximate surface area is 217 Å². The molecule has 192 valence electrons. The van der Waals surface area contributed by atoms with Crippen LogP contribution >= 0.6 is 0 Å². The number of fused-ring (bicyclic) bond motifs is 1. The predicted molar refractivity (Wildman–Crippen MR) is 146 cm³/mol. The van der Waals surface area contributed by atoms with Crippen LogP contribution in [0.4, 0.5) is 0 Å². The third-order valence-corrected chi connectivity index (χ3v) is 7.32. The fourth-order valence-corrected chi connectivity index (χ4v) is 5.41. The highest BCUT2D eigenvalue weighted by Gasteiger charge is 2.19. The second kappa shape index (κ2) is 10.6. The number of carbonyl (C=O) groups is 1. The van der Waals surface area contributed by atoms with Gasteiger partial charge in [-0.1, -0.05) is 49.4 Å². The van der Waals surface area contributed by atoms with Gasteiger partial charge in [-0.25, -0.2) is 9.78 Å². The van der Waals surface area contributed by atoms with Gasteiger partial charge in [0.1, 0.15) is 12.2 Å². The van der Waals surface area contributed by atoms with E-state index in [-0.39, 0.29) is 10.5 Å². The molecule has 4 rings (SSSR count). The number of carboxylic acid groups (broad SMARTS) is 1. The average molecular weight is 519 g/mol. The van der Waals surface area contributed by atoms with E-state index in [4.69, 9.17) is 4.98 Å². The van der Waals surface area contributed by atoms with E-state index in [1.54, 1.807) is 55.4 Å². The number of imidazole rings is 1. The van der Waals surface area contributed by atoms with E-state index in [0.29, 0.717) is 12.1 Å². The maximum Gasteiger partial charge on any atom is 0.335 e. The molecule has 0 bridgehead atoms. The molecule has 8 nitrogen and oxygen atoms in total. The topological polar surface area (TPSA) is 105 Å². The minimum Gasteiger partial charge on any atom is -0.478 e. The van der Waals surface area contributed by atoms with Gasteiger partial charge in [-0.2, -0.15) is 8.42 Å². The number of carboxylic acids is 1. The number of hydrogen-bond acceptors (Lipinski definition) is 4. The van der Waals surface area contributed by atoms with Crippen molar-refractivity contribution in [1.82, 2.24) is 14.5 Å². The fourth-order valence-electron chi connectivity index (χ4n) is 4.27. The Bertz CT molecular complexity index is 1590. The van der Waals surface area contributed by atoms with Crippen LogP contribution in [0.1, 0.15) is 40.7 Å². The smallest absolute Gasteiger partial charge is 0.335 e. The van der Waals surface area contributed by atoms with Gasteiger partial charge in [-0.05, 0) is 48.2 Å². The lowest BCUT2D eigenvalue weighted by Crippen LogP contribution is -2.10. The summed E-state index contributed by atoms with van der Waals surface area (Å²) in [5.74, 6) is -0.0647. The van der Waals surface area contributed by atoms with Gasteiger partial charge in [0.15, 0.2) is 0 Å². The normalized spacial score (nSPS) is 11.9. The molecule has 0 fully saturated rings. The summed E-state index contributed by atoms with van der Waals surface area (Å²) in [7, 11) is -0.447. The van der Waals surface area contributed by atoms with E-state index in [1.807, 2.05) is 31.2 Å². The number of aryl methyl sites for hydroxylation is 2. The van der Waals surface area contributed by atoms with Crippen molar-refractivity contribution < 1.29 is 18.3 Å². The van der Waals surface area contributed by atoms with Crippen LogP contribution in [0.15, 0.2) is 70.0 Å². The average Bonchev–Trinajstić information content (AvgIpc) is 3.21. The van der Waals surface area contributed by atoms with Crippen molar-refractivity contribution in [3.05, 3.63) is 83.2 Å². The number of aromatic nitrogens is 2. The lowest BCUT2D eigenvalue weighted by atomic mass is 10.0. The molecule has 0 aliphatic carbocycles. The van der Waals surface area contributed by atoms with Crippen LogP contribution in [0.25, 0.3) is 22.2 Å². The number of sulfonamides is 1. The maximum atomic E-state index is 12.9. The summed E-state index contributed by atoms with van der Waals surface area (Å²) >= 11 is 0. The molecule has 0 radical (unpaired) electrons. The van der Waals surface area contributed by atoms with E-state index < -0.39 is 16.0 Å². The molecule has 0 saturated carbocycles. The Kier molecular flexibility index (Phi) is 7.45. The van der Waals surface area contributed by atoms with Crippen molar-refractivity contribution >= 4 is 33.4 Å². The second-order valence-corrected chi connectivity index (χ2v) is 10.8. The third-order valence-electron chi connectivity index (χ3n) is 6.03. The zero-order valence-electron chi connectivity index (χ0n) is 21.3. The lowest BCUT2D eigenvalue weighted by molar-refractivity contribution is 0.0697. The Balaban J connectivity index is 1.72. The SMILES string of the molecule is CCCc1nc2c(C)cc(C(=O)O)cc2n1Cc1ccc(-c2ccccc2S(=O)(=O)/N=C/N(C)C)cc1. The predicted octanol–water partition coefficient (Wildman–Crippen LogP) is 4.99. The first-order valence-corrected chi connectivity index (χ1v) is 13.4. The maximum absolute atomic E-state index is 12.9. The summed E-state index contributed by atoms with van der Waals surface area (Å²) in [6, 6.07) is 17.8. The lowest BCUT2D eigenvalue weighted by Gasteiger charge is -2.12. The summed E-state index contributed by atoms with van der Waals surface area (Å²) in [4.78, 5) is 18.2. The molecule has 0 aliphatic rings. The summed E-state index contributed by atoms with van der Waals surface area (Å²) in [5.41, 5.74) is 4.99. The molecule has 1 heterocycles. The molecule has 4 aromatic rings. The minimum absolute atomic E-state index is 0.142. The first-order chi connectivity index (χ1) is 17.6. The molecule has 9 heteroatoms. The summed E-state index contributed by atoms with van der Waals surface area (Å²) < 4.78 is 31.6. The van der Waals surface area contributed by atoms with E-state index in [0.717, 1.165) is 46.4 Å². The van der Waals surface area contributed by atoms with Gasteiger partial charge >= 0.3 is 5.97 Å². The zero-order chi connectivity index (χ0) is 26.7. The van der Waals surface area contributed by atoms with Gasteiger partial charge in [-0.15, -0.1) is 4.40 Å². The van der Waals surface area contributed by atoms with Crippen LogP contribution in [0, 0.1) is 6.92 Å². The van der Waals surface area contributed by atoms with E-state index in [2.05, 4.69) is 15.9 Å². The highest BCUT2D eigenvalue weighted by molar-refractivity contribution is 7.90. The van der Waals surface area contributed by atoms with Crippen LogP contribution in [0.5, 0.6) is 0 Å². The van der Waals surface area contributed by atoms with Crippen LogP contribution < -0.4 is 0 Å². The molecule has 0 saturated heterocycles. The largest absolute Gasteiger partial charge is 0.478 e. The van der Waals surface area contributed by atoms with Gasteiger partial charge in [0.2, 0.25) is 0 Å². The van der Waals surface area contributed by atoms with Gasteiger partial charge < -0.3 is 14.6 Å². The van der Waals surface area contributed by atoms with Crippen molar-refractivity contribution in [1.29, 1.82) is 0 Å². The van der Waals surface area contributed by atoms with E-state index in [1.165, 1.54) is 6.34 Å². The van der Waals surface area contributed by atoms with Crippen molar-refractivity contribution in [2.45, 2.75) is 38.1 Å². The molecule has 0 atom stereocenters. The highest BCUT2D eigenvalue weighted by atomic mass is 32.2. The molecule has 1 N–H and O–H groups in total. The molecular formula is C28H30N4O4S. The monoisotopic (exact) mass is 518 g/mol. The summed E-state index contributed by atoms with van der Waals surface area (Å²) in [6.45, 7) is 4.48. The zero-order valence-corrected chi connectivity index (χ0v) is 22.2. The number of nitrogens with zero attached hydrogens (tertiary/aromatic N) is 4. The molecule has 3 aromatic carbocycles. The van der Waals surface area contributed by atoms with Crippen LogP contribution in [0.3, 0.4) is 0 Å². The first-order valence-electron chi connectivity index (χ1n) is 12.0.